The Hall–Kier alpha value is -1.90. The lowest BCUT2D eigenvalue weighted by molar-refractivity contribution is -0.141. The number of allylic oxidation sites excluding steroid dienone is 4. The van der Waals surface area contributed by atoms with Gasteiger partial charge in [0.25, 0.3) is 0 Å². The summed E-state index contributed by atoms with van der Waals surface area (Å²) in [6.07, 6.45) is 10.0. The van der Waals surface area contributed by atoms with Crippen molar-refractivity contribution in [1.82, 2.24) is 0 Å². The van der Waals surface area contributed by atoms with Gasteiger partial charge in [-0.1, -0.05) is 49.6 Å². The number of rotatable bonds is 8. The van der Waals surface area contributed by atoms with Crippen LogP contribution in [-0.2, 0) is 14.3 Å². The summed E-state index contributed by atoms with van der Waals surface area (Å²) in [4.78, 5) is 22.8. The molecule has 0 aliphatic carbocycles. The van der Waals surface area contributed by atoms with Crippen molar-refractivity contribution in [2.45, 2.75) is 20.3 Å². The molecule has 0 saturated carbocycles. The lowest BCUT2D eigenvalue weighted by atomic mass is 9.85. The Morgan fingerprint density at radius 2 is 1.94 bits per heavy atom. The van der Waals surface area contributed by atoms with E-state index in [2.05, 4.69) is 13.2 Å². The maximum atomic E-state index is 11.6. The van der Waals surface area contributed by atoms with Gasteiger partial charge in [0, 0.05) is 0 Å². The molecule has 1 unspecified atom stereocenters. The number of esters is 1. The third-order valence-electron chi connectivity index (χ3n) is 2.45. The van der Waals surface area contributed by atoms with E-state index in [0.29, 0.717) is 0 Å². The molecule has 0 rings (SSSR count). The minimum absolute atomic E-state index is 0.00342. The van der Waals surface area contributed by atoms with Crippen molar-refractivity contribution in [2.24, 2.45) is 5.41 Å². The molecule has 98 valence electrons. The van der Waals surface area contributed by atoms with Gasteiger partial charge in [-0.25, -0.2) is 0 Å². The van der Waals surface area contributed by atoms with E-state index in [0.717, 1.165) is 0 Å². The zero-order valence-corrected chi connectivity index (χ0v) is 11.0. The van der Waals surface area contributed by atoms with E-state index in [4.69, 9.17) is 4.74 Å². The van der Waals surface area contributed by atoms with Gasteiger partial charge in [-0.15, -0.1) is 0 Å². The summed E-state index contributed by atoms with van der Waals surface area (Å²) in [7, 11) is 0. The molecule has 0 heterocycles. The molecule has 0 fully saturated rings. The largest absolute Gasteiger partial charge is 0.461 e. The summed E-state index contributed by atoms with van der Waals surface area (Å²) in [5.74, 6) is -0.346. The van der Waals surface area contributed by atoms with Gasteiger partial charge in [0.2, 0.25) is 0 Å². The van der Waals surface area contributed by atoms with Gasteiger partial charge < -0.3 is 4.74 Å². The second-order valence-corrected chi connectivity index (χ2v) is 4.01. The second-order valence-electron chi connectivity index (χ2n) is 4.01. The number of ketones is 1. The first-order valence-corrected chi connectivity index (χ1v) is 5.71. The number of hydrogen-bond donors (Lipinski definition) is 0. The molecule has 18 heavy (non-hydrogen) atoms. The average molecular weight is 248 g/mol. The molecule has 0 aromatic carbocycles. The van der Waals surface area contributed by atoms with Gasteiger partial charge in [0.1, 0.15) is 12.4 Å². The SMILES string of the molecule is C=C/C=C\C(C)(/C=C\CC(=O)OCC=C)C(C)=O. The fourth-order valence-electron chi connectivity index (χ4n) is 1.17. The van der Waals surface area contributed by atoms with Gasteiger partial charge in [0.15, 0.2) is 0 Å². The third kappa shape index (κ3) is 5.99. The number of hydrogen-bond acceptors (Lipinski definition) is 3. The normalized spacial score (nSPS) is 14.3. The Bertz CT molecular complexity index is 377. The maximum absolute atomic E-state index is 11.6. The molecule has 3 nitrogen and oxygen atoms in total. The van der Waals surface area contributed by atoms with Gasteiger partial charge in [-0.05, 0) is 13.8 Å². The van der Waals surface area contributed by atoms with E-state index in [9.17, 15) is 9.59 Å². The fraction of sp³-hybridized carbons (Fsp3) is 0.333. The summed E-state index contributed by atoms with van der Waals surface area (Å²) >= 11 is 0. The van der Waals surface area contributed by atoms with E-state index in [1.807, 2.05) is 0 Å². The highest BCUT2D eigenvalue weighted by Gasteiger charge is 2.22. The molecule has 0 aliphatic heterocycles. The Balaban J connectivity index is 4.55. The predicted molar refractivity (Wildman–Crippen MR) is 73.0 cm³/mol. The van der Waals surface area contributed by atoms with Gasteiger partial charge in [0.05, 0.1) is 11.8 Å². The molecule has 0 aromatic rings. The predicted octanol–water partition coefficient (Wildman–Crippen LogP) is 3.00. The average Bonchev–Trinajstić information content (AvgIpc) is 2.33. The molecule has 0 amide bonds. The molecule has 0 saturated heterocycles. The summed E-state index contributed by atoms with van der Waals surface area (Å²) in [5.41, 5.74) is -0.715. The van der Waals surface area contributed by atoms with E-state index in [-0.39, 0.29) is 24.8 Å². The van der Waals surface area contributed by atoms with Crippen LogP contribution < -0.4 is 0 Å². The van der Waals surface area contributed by atoms with E-state index < -0.39 is 5.41 Å². The molecule has 0 aromatic heterocycles. The number of carbonyl (C=O) groups excluding carboxylic acids is 2. The standard InChI is InChI=1S/C15H20O3/c1-5-7-10-15(4,13(3)16)11-8-9-14(17)18-12-6-2/h5-8,10-11H,1-2,9,12H2,3-4H3/b10-7-,11-8-. The third-order valence-corrected chi connectivity index (χ3v) is 2.45. The van der Waals surface area contributed by atoms with Crippen molar-refractivity contribution in [2.75, 3.05) is 6.61 Å². The molecule has 0 spiro atoms. The van der Waals surface area contributed by atoms with Crippen LogP contribution in [0.25, 0.3) is 0 Å². The molecule has 0 N–H and O–H groups in total. The van der Waals surface area contributed by atoms with Crippen molar-refractivity contribution in [1.29, 1.82) is 0 Å². The molecule has 0 bridgehead atoms. The van der Waals surface area contributed by atoms with Gasteiger partial charge >= 0.3 is 5.97 Å². The topological polar surface area (TPSA) is 43.4 Å². The van der Waals surface area contributed by atoms with Crippen LogP contribution in [0.5, 0.6) is 0 Å². The fourth-order valence-corrected chi connectivity index (χ4v) is 1.17. The van der Waals surface area contributed by atoms with Crippen LogP contribution in [-0.4, -0.2) is 18.4 Å². The Labute approximate surface area is 109 Å². The minimum Gasteiger partial charge on any atom is -0.461 e. The number of carbonyl (C=O) groups is 2. The summed E-state index contributed by atoms with van der Waals surface area (Å²) in [6.45, 7) is 10.5. The molecule has 0 radical (unpaired) electrons. The molecule has 3 heteroatoms. The second kappa shape index (κ2) is 8.23. The lowest BCUT2D eigenvalue weighted by Gasteiger charge is -2.17. The maximum Gasteiger partial charge on any atom is 0.309 e. The quantitative estimate of drug-likeness (QED) is 0.377. The molecule has 1 atom stereocenters. The summed E-state index contributed by atoms with van der Waals surface area (Å²) < 4.78 is 4.82. The van der Waals surface area contributed by atoms with Crippen LogP contribution in [0.3, 0.4) is 0 Å². The van der Waals surface area contributed by atoms with Crippen molar-refractivity contribution < 1.29 is 14.3 Å². The molecule has 0 aliphatic rings. The van der Waals surface area contributed by atoms with Gasteiger partial charge in [-0.3, -0.25) is 9.59 Å². The summed E-state index contributed by atoms with van der Waals surface area (Å²) in [6, 6.07) is 0. The van der Waals surface area contributed by atoms with Gasteiger partial charge in [-0.2, -0.15) is 0 Å². The number of Topliss-reactive ketones (excluding diaryl/α,β-unsaturated/α-hetero) is 1. The molecular weight excluding hydrogens is 228 g/mol. The van der Waals surface area contributed by atoms with Crippen molar-refractivity contribution in [3.05, 3.63) is 49.6 Å². The van der Waals surface area contributed by atoms with Crippen LogP contribution in [0.1, 0.15) is 20.3 Å². The van der Waals surface area contributed by atoms with Crippen LogP contribution >= 0.6 is 0 Å². The van der Waals surface area contributed by atoms with Crippen LogP contribution in [0.4, 0.5) is 0 Å². The van der Waals surface area contributed by atoms with E-state index >= 15 is 0 Å². The van der Waals surface area contributed by atoms with E-state index in [1.165, 1.54) is 13.0 Å². The Morgan fingerprint density at radius 1 is 1.28 bits per heavy atom. The molecular formula is C15H20O3. The smallest absolute Gasteiger partial charge is 0.309 e. The highest BCUT2D eigenvalue weighted by Crippen LogP contribution is 2.22. The first-order valence-electron chi connectivity index (χ1n) is 5.71. The Morgan fingerprint density at radius 3 is 2.44 bits per heavy atom. The van der Waals surface area contributed by atoms with Crippen LogP contribution in [0.2, 0.25) is 0 Å². The monoisotopic (exact) mass is 248 g/mol. The lowest BCUT2D eigenvalue weighted by Crippen LogP contribution is -2.20. The van der Waals surface area contributed by atoms with Crippen LogP contribution in [0, 0.1) is 5.41 Å². The number of ether oxygens (including phenoxy) is 1. The van der Waals surface area contributed by atoms with E-state index in [1.54, 1.807) is 37.3 Å². The van der Waals surface area contributed by atoms with Crippen LogP contribution in [0.15, 0.2) is 49.6 Å². The highest BCUT2D eigenvalue weighted by atomic mass is 16.5. The van der Waals surface area contributed by atoms with Crippen molar-refractivity contribution >= 4 is 11.8 Å². The Kier molecular flexibility index (Phi) is 7.36. The summed E-state index contributed by atoms with van der Waals surface area (Å²) in [5, 5.41) is 0. The zero-order valence-electron chi connectivity index (χ0n) is 11.0. The first kappa shape index (κ1) is 16.1. The zero-order chi connectivity index (χ0) is 14.0. The van der Waals surface area contributed by atoms with Crippen molar-refractivity contribution in [3.63, 3.8) is 0 Å². The van der Waals surface area contributed by atoms with Crippen molar-refractivity contribution in [3.8, 4) is 0 Å². The first-order chi connectivity index (χ1) is 8.46. The highest BCUT2D eigenvalue weighted by molar-refractivity contribution is 5.86. The minimum atomic E-state index is -0.715.